The van der Waals surface area contributed by atoms with Crippen LogP contribution in [0.15, 0.2) is 48.5 Å². The highest BCUT2D eigenvalue weighted by Crippen LogP contribution is 2.33. The predicted octanol–water partition coefficient (Wildman–Crippen LogP) is 1.09. The molecule has 0 unspecified atom stereocenters. The van der Waals surface area contributed by atoms with Gasteiger partial charge in [-0.25, -0.2) is 4.79 Å². The SMILES string of the molecule is CNC(=O)[C@H]1CN(C(=O)COC(=O)c2ccc(O)cc2)c2ccccc2O1. The summed E-state index contributed by atoms with van der Waals surface area (Å²) in [6.07, 6.45) is -0.860. The van der Waals surface area contributed by atoms with Gasteiger partial charge in [0.2, 0.25) is 0 Å². The summed E-state index contributed by atoms with van der Waals surface area (Å²) < 4.78 is 10.7. The fourth-order valence-electron chi connectivity index (χ4n) is 2.65. The number of ether oxygens (including phenoxy) is 2. The number of hydrogen-bond acceptors (Lipinski definition) is 6. The van der Waals surface area contributed by atoms with Gasteiger partial charge in [-0.2, -0.15) is 0 Å². The first-order valence-corrected chi connectivity index (χ1v) is 8.23. The molecule has 3 rings (SSSR count). The zero-order chi connectivity index (χ0) is 19.4. The van der Waals surface area contributed by atoms with Crippen molar-refractivity contribution >= 4 is 23.5 Å². The topological polar surface area (TPSA) is 105 Å². The average molecular weight is 370 g/mol. The molecule has 2 aromatic carbocycles. The first kappa shape index (κ1) is 18.2. The summed E-state index contributed by atoms with van der Waals surface area (Å²) in [5.74, 6) is -1.11. The molecule has 2 amide bonds. The first-order chi connectivity index (χ1) is 13.0. The molecule has 140 valence electrons. The monoisotopic (exact) mass is 370 g/mol. The van der Waals surface area contributed by atoms with E-state index < -0.39 is 24.6 Å². The molecule has 1 atom stereocenters. The fraction of sp³-hybridized carbons (Fsp3) is 0.211. The maximum Gasteiger partial charge on any atom is 0.338 e. The van der Waals surface area contributed by atoms with Crippen molar-refractivity contribution in [1.82, 2.24) is 5.32 Å². The Morgan fingerprint density at radius 1 is 1.19 bits per heavy atom. The highest BCUT2D eigenvalue weighted by molar-refractivity contribution is 5.99. The Morgan fingerprint density at radius 2 is 1.89 bits per heavy atom. The summed E-state index contributed by atoms with van der Waals surface area (Å²) in [5.41, 5.74) is 0.717. The Balaban J connectivity index is 1.72. The quantitative estimate of drug-likeness (QED) is 0.781. The Hall–Kier alpha value is -3.55. The summed E-state index contributed by atoms with van der Waals surface area (Å²) in [7, 11) is 1.48. The lowest BCUT2D eigenvalue weighted by Gasteiger charge is -2.33. The second-order valence-electron chi connectivity index (χ2n) is 5.82. The van der Waals surface area contributed by atoms with E-state index in [9.17, 15) is 19.5 Å². The van der Waals surface area contributed by atoms with E-state index >= 15 is 0 Å². The lowest BCUT2D eigenvalue weighted by Crippen LogP contribution is -2.51. The number of para-hydroxylation sites is 2. The molecule has 1 aliphatic rings. The van der Waals surface area contributed by atoms with Crippen LogP contribution in [0.4, 0.5) is 5.69 Å². The molecule has 0 bridgehead atoms. The van der Waals surface area contributed by atoms with Crippen molar-refractivity contribution in [3.05, 3.63) is 54.1 Å². The molecule has 0 spiro atoms. The van der Waals surface area contributed by atoms with Crippen LogP contribution in [0.25, 0.3) is 0 Å². The van der Waals surface area contributed by atoms with Crippen LogP contribution in [0.1, 0.15) is 10.4 Å². The number of carbonyl (C=O) groups excluding carboxylic acids is 3. The molecule has 27 heavy (non-hydrogen) atoms. The number of carbonyl (C=O) groups is 3. The molecular formula is C19H18N2O6. The van der Waals surface area contributed by atoms with Gasteiger partial charge in [-0.05, 0) is 36.4 Å². The van der Waals surface area contributed by atoms with Gasteiger partial charge in [0.1, 0.15) is 11.5 Å². The zero-order valence-corrected chi connectivity index (χ0v) is 14.5. The predicted molar refractivity (Wildman–Crippen MR) is 95.7 cm³/mol. The molecule has 2 aromatic rings. The second-order valence-corrected chi connectivity index (χ2v) is 5.82. The highest BCUT2D eigenvalue weighted by Gasteiger charge is 2.33. The van der Waals surface area contributed by atoms with Gasteiger partial charge in [0.05, 0.1) is 17.8 Å². The van der Waals surface area contributed by atoms with Gasteiger partial charge in [0.15, 0.2) is 12.7 Å². The molecular weight excluding hydrogens is 352 g/mol. The lowest BCUT2D eigenvalue weighted by molar-refractivity contribution is -0.128. The van der Waals surface area contributed by atoms with E-state index in [0.717, 1.165) is 0 Å². The molecule has 2 N–H and O–H groups in total. The summed E-state index contributed by atoms with van der Waals surface area (Å²) in [5, 5.41) is 11.7. The Labute approximate surface area is 155 Å². The standard InChI is InChI=1S/C19H18N2O6/c1-20-18(24)16-10-21(14-4-2-3-5-15(14)27-16)17(23)11-26-19(25)12-6-8-13(22)9-7-12/h2-9,16,22H,10-11H2,1H3,(H,20,24)/t16-/m1/s1. The Bertz CT molecular complexity index is 865. The third-order valence-corrected chi connectivity index (χ3v) is 4.04. The first-order valence-electron chi connectivity index (χ1n) is 8.23. The number of benzene rings is 2. The van der Waals surface area contributed by atoms with Crippen LogP contribution in [0, 0.1) is 0 Å². The normalized spacial score (nSPS) is 15.3. The summed E-state index contributed by atoms with van der Waals surface area (Å²) in [6, 6.07) is 12.3. The lowest BCUT2D eigenvalue weighted by atomic mass is 10.1. The highest BCUT2D eigenvalue weighted by atomic mass is 16.5. The maximum atomic E-state index is 12.6. The third-order valence-electron chi connectivity index (χ3n) is 4.04. The zero-order valence-electron chi connectivity index (χ0n) is 14.5. The van der Waals surface area contributed by atoms with Crippen LogP contribution in [0.3, 0.4) is 0 Å². The van der Waals surface area contributed by atoms with Gasteiger partial charge >= 0.3 is 5.97 Å². The van der Waals surface area contributed by atoms with Crippen molar-refractivity contribution in [3.63, 3.8) is 0 Å². The molecule has 0 fully saturated rings. The maximum absolute atomic E-state index is 12.6. The van der Waals surface area contributed by atoms with E-state index in [0.29, 0.717) is 11.4 Å². The molecule has 0 saturated carbocycles. The number of aromatic hydroxyl groups is 1. The molecule has 0 radical (unpaired) electrons. The van der Waals surface area contributed by atoms with Gasteiger partial charge in [-0.3, -0.25) is 9.59 Å². The second kappa shape index (κ2) is 7.77. The Kier molecular flexibility index (Phi) is 5.25. The summed E-state index contributed by atoms with van der Waals surface area (Å²) in [6.45, 7) is -0.485. The number of phenols is 1. The van der Waals surface area contributed by atoms with Crippen LogP contribution >= 0.6 is 0 Å². The van der Waals surface area contributed by atoms with Crippen molar-refractivity contribution in [3.8, 4) is 11.5 Å². The summed E-state index contributed by atoms with van der Waals surface area (Å²) in [4.78, 5) is 38.0. The number of anilines is 1. The van der Waals surface area contributed by atoms with Crippen LogP contribution in [0.2, 0.25) is 0 Å². The van der Waals surface area contributed by atoms with Crippen molar-refractivity contribution in [2.75, 3.05) is 25.1 Å². The molecule has 0 aromatic heterocycles. The molecule has 1 aliphatic heterocycles. The fourth-order valence-corrected chi connectivity index (χ4v) is 2.65. The average Bonchev–Trinajstić information content (AvgIpc) is 2.70. The third kappa shape index (κ3) is 4.00. The summed E-state index contributed by atoms with van der Waals surface area (Å²) >= 11 is 0. The number of rotatable bonds is 4. The van der Waals surface area contributed by atoms with Crippen molar-refractivity contribution < 1.29 is 29.0 Å². The van der Waals surface area contributed by atoms with Crippen molar-refractivity contribution in [1.29, 1.82) is 0 Å². The number of likely N-dealkylation sites (N-methyl/N-ethyl adjacent to an activating group) is 1. The number of nitrogens with zero attached hydrogens (tertiary/aromatic N) is 1. The number of amides is 2. The van der Waals surface area contributed by atoms with Gasteiger partial charge in [-0.1, -0.05) is 12.1 Å². The van der Waals surface area contributed by atoms with Gasteiger partial charge in [-0.15, -0.1) is 0 Å². The minimum absolute atomic E-state index is 0.00623. The number of nitrogens with one attached hydrogen (secondary N) is 1. The Morgan fingerprint density at radius 3 is 2.59 bits per heavy atom. The molecule has 0 aliphatic carbocycles. The minimum Gasteiger partial charge on any atom is -0.508 e. The minimum atomic E-state index is -0.860. The van der Waals surface area contributed by atoms with Crippen molar-refractivity contribution in [2.45, 2.75) is 6.10 Å². The molecule has 8 nitrogen and oxygen atoms in total. The largest absolute Gasteiger partial charge is 0.508 e. The van der Waals surface area contributed by atoms with Crippen LogP contribution in [-0.2, 0) is 14.3 Å². The van der Waals surface area contributed by atoms with Gasteiger partial charge < -0.3 is 24.8 Å². The number of fused-ring (bicyclic) bond motifs is 1. The van der Waals surface area contributed by atoms with Gasteiger partial charge in [0, 0.05) is 7.05 Å². The van der Waals surface area contributed by atoms with Crippen LogP contribution in [0.5, 0.6) is 11.5 Å². The van der Waals surface area contributed by atoms with Crippen LogP contribution in [-0.4, -0.2) is 49.2 Å². The molecule has 0 saturated heterocycles. The van der Waals surface area contributed by atoms with Crippen LogP contribution < -0.4 is 15.0 Å². The van der Waals surface area contributed by atoms with E-state index in [1.54, 1.807) is 24.3 Å². The number of hydrogen-bond donors (Lipinski definition) is 2. The van der Waals surface area contributed by atoms with E-state index in [-0.39, 0.29) is 23.8 Å². The van der Waals surface area contributed by atoms with E-state index in [1.807, 2.05) is 0 Å². The van der Waals surface area contributed by atoms with E-state index in [1.165, 1.54) is 36.2 Å². The van der Waals surface area contributed by atoms with E-state index in [4.69, 9.17) is 9.47 Å². The smallest absolute Gasteiger partial charge is 0.338 e. The molecule has 8 heteroatoms. The van der Waals surface area contributed by atoms with Gasteiger partial charge in [0.25, 0.3) is 11.8 Å². The number of esters is 1. The molecule has 1 heterocycles. The van der Waals surface area contributed by atoms with Crippen molar-refractivity contribution in [2.24, 2.45) is 0 Å². The van der Waals surface area contributed by atoms with E-state index in [2.05, 4.69) is 5.32 Å². The number of phenolic OH excluding ortho intramolecular Hbond substituents is 1.